The van der Waals surface area contributed by atoms with Crippen molar-refractivity contribution in [3.63, 3.8) is 0 Å². The van der Waals surface area contributed by atoms with Gasteiger partial charge in [-0.3, -0.25) is 9.78 Å². The maximum absolute atomic E-state index is 11.7. The molecule has 2 aromatic rings. The molecule has 1 fully saturated rings. The van der Waals surface area contributed by atoms with E-state index in [0.717, 1.165) is 29.7 Å². The molecule has 4 nitrogen and oxygen atoms in total. The van der Waals surface area contributed by atoms with E-state index in [-0.39, 0.29) is 5.91 Å². The highest BCUT2D eigenvalue weighted by Crippen LogP contribution is 2.28. The summed E-state index contributed by atoms with van der Waals surface area (Å²) in [6.07, 6.45) is 5.36. The number of carbonyl (C=O) groups is 1. The number of hydrogen-bond acceptors (Lipinski definition) is 3. The van der Waals surface area contributed by atoms with Crippen LogP contribution in [0, 0.1) is 0 Å². The molecule has 0 atom stereocenters. The fraction of sp³-hybridized carbons (Fsp3) is 0.333. The van der Waals surface area contributed by atoms with E-state index in [1.165, 1.54) is 19.3 Å². The monoisotopic (exact) mass is 255 g/mol. The van der Waals surface area contributed by atoms with Crippen LogP contribution < -0.4 is 10.6 Å². The molecule has 0 bridgehead atoms. The summed E-state index contributed by atoms with van der Waals surface area (Å²) in [6.45, 7) is 1.97. The van der Waals surface area contributed by atoms with Crippen molar-refractivity contribution in [2.45, 2.75) is 19.3 Å². The van der Waals surface area contributed by atoms with E-state index in [2.05, 4.69) is 9.88 Å². The van der Waals surface area contributed by atoms with E-state index in [1.807, 2.05) is 24.3 Å². The zero-order valence-electron chi connectivity index (χ0n) is 10.8. The lowest BCUT2D eigenvalue weighted by atomic mass is 10.0. The molecule has 2 N–H and O–H groups in total. The van der Waals surface area contributed by atoms with Crippen molar-refractivity contribution in [3.05, 3.63) is 36.0 Å². The second-order valence-corrected chi connectivity index (χ2v) is 4.98. The van der Waals surface area contributed by atoms with Gasteiger partial charge in [-0.05, 0) is 37.5 Å². The Morgan fingerprint density at radius 1 is 1.21 bits per heavy atom. The van der Waals surface area contributed by atoms with Gasteiger partial charge in [0.15, 0.2) is 0 Å². The van der Waals surface area contributed by atoms with Gasteiger partial charge in [0, 0.05) is 24.7 Å². The summed E-state index contributed by atoms with van der Waals surface area (Å²) in [5, 5.41) is 0.956. The minimum atomic E-state index is -0.369. The lowest BCUT2D eigenvalue weighted by molar-refractivity contribution is 0.100. The summed E-state index contributed by atoms with van der Waals surface area (Å²) < 4.78 is 0. The standard InChI is InChI=1S/C15H17N3O/c16-15(19)12-9-11-5-4-6-17-13(11)10-14(12)18-7-2-1-3-8-18/h4-6,9-10H,1-3,7-8H2,(H2,16,19). The number of amides is 1. The molecule has 1 aromatic carbocycles. The number of fused-ring (bicyclic) bond motifs is 1. The normalized spacial score (nSPS) is 15.7. The van der Waals surface area contributed by atoms with Crippen LogP contribution >= 0.6 is 0 Å². The SMILES string of the molecule is NC(=O)c1cc2cccnc2cc1N1CCCCC1. The van der Waals surface area contributed by atoms with Crippen LogP contribution in [0.15, 0.2) is 30.5 Å². The van der Waals surface area contributed by atoms with Crippen molar-refractivity contribution < 1.29 is 4.79 Å². The topological polar surface area (TPSA) is 59.2 Å². The molecule has 1 aromatic heterocycles. The van der Waals surface area contributed by atoms with Crippen molar-refractivity contribution in [2.75, 3.05) is 18.0 Å². The maximum Gasteiger partial charge on any atom is 0.250 e. The summed E-state index contributed by atoms with van der Waals surface area (Å²) in [5.41, 5.74) is 7.97. The number of hydrogen-bond donors (Lipinski definition) is 1. The summed E-state index contributed by atoms with van der Waals surface area (Å²) in [6, 6.07) is 7.66. The second-order valence-electron chi connectivity index (χ2n) is 4.98. The first-order chi connectivity index (χ1) is 9.25. The summed E-state index contributed by atoms with van der Waals surface area (Å²) >= 11 is 0. The number of aromatic nitrogens is 1. The van der Waals surface area contributed by atoms with Gasteiger partial charge in [0.2, 0.25) is 0 Å². The summed E-state index contributed by atoms with van der Waals surface area (Å²) in [7, 11) is 0. The quantitative estimate of drug-likeness (QED) is 0.896. The van der Waals surface area contributed by atoms with Gasteiger partial charge in [0.1, 0.15) is 0 Å². The van der Waals surface area contributed by atoms with Gasteiger partial charge in [-0.25, -0.2) is 0 Å². The molecular formula is C15H17N3O. The highest BCUT2D eigenvalue weighted by atomic mass is 16.1. The van der Waals surface area contributed by atoms with Crippen molar-refractivity contribution in [1.82, 2.24) is 4.98 Å². The van der Waals surface area contributed by atoms with Crippen molar-refractivity contribution in [1.29, 1.82) is 0 Å². The minimum Gasteiger partial charge on any atom is -0.371 e. The number of nitrogens with zero attached hydrogens (tertiary/aromatic N) is 2. The number of rotatable bonds is 2. The zero-order valence-corrected chi connectivity index (χ0v) is 10.8. The third-order valence-electron chi connectivity index (χ3n) is 3.68. The van der Waals surface area contributed by atoms with E-state index in [1.54, 1.807) is 6.20 Å². The number of primary amides is 1. The van der Waals surface area contributed by atoms with Gasteiger partial charge >= 0.3 is 0 Å². The first-order valence-corrected chi connectivity index (χ1v) is 6.69. The van der Waals surface area contributed by atoms with Gasteiger partial charge in [-0.2, -0.15) is 0 Å². The Bertz CT molecular complexity index is 618. The average molecular weight is 255 g/mol. The lowest BCUT2D eigenvalue weighted by Crippen LogP contribution is -2.31. The van der Waals surface area contributed by atoms with Crippen LogP contribution in [0.1, 0.15) is 29.6 Å². The predicted molar refractivity (Wildman–Crippen MR) is 76.3 cm³/mol. The van der Waals surface area contributed by atoms with Gasteiger partial charge in [0.05, 0.1) is 16.8 Å². The van der Waals surface area contributed by atoms with Crippen LogP contribution in [0.25, 0.3) is 10.9 Å². The zero-order chi connectivity index (χ0) is 13.2. The Morgan fingerprint density at radius 3 is 2.74 bits per heavy atom. The Balaban J connectivity index is 2.14. The van der Waals surface area contributed by atoms with Crippen LogP contribution in [0.3, 0.4) is 0 Å². The second kappa shape index (κ2) is 4.88. The van der Waals surface area contributed by atoms with E-state index >= 15 is 0 Å². The number of piperidine rings is 1. The van der Waals surface area contributed by atoms with Gasteiger partial charge in [-0.15, -0.1) is 0 Å². The largest absolute Gasteiger partial charge is 0.371 e. The molecular weight excluding hydrogens is 238 g/mol. The molecule has 1 aliphatic heterocycles. The smallest absolute Gasteiger partial charge is 0.250 e. The summed E-state index contributed by atoms with van der Waals surface area (Å²) in [4.78, 5) is 18.3. The molecule has 3 rings (SSSR count). The van der Waals surface area contributed by atoms with Crippen molar-refractivity contribution in [3.8, 4) is 0 Å². The lowest BCUT2D eigenvalue weighted by Gasteiger charge is -2.30. The fourth-order valence-corrected chi connectivity index (χ4v) is 2.70. The van der Waals surface area contributed by atoms with Crippen LogP contribution in [0.5, 0.6) is 0 Å². The minimum absolute atomic E-state index is 0.369. The fourth-order valence-electron chi connectivity index (χ4n) is 2.70. The Labute approximate surface area is 112 Å². The molecule has 0 radical (unpaired) electrons. The molecule has 98 valence electrons. The van der Waals surface area contributed by atoms with Gasteiger partial charge in [-0.1, -0.05) is 6.07 Å². The summed E-state index contributed by atoms with van der Waals surface area (Å²) in [5.74, 6) is -0.369. The molecule has 0 saturated carbocycles. The molecule has 19 heavy (non-hydrogen) atoms. The van der Waals surface area contributed by atoms with Crippen LogP contribution in [0.4, 0.5) is 5.69 Å². The predicted octanol–water partition coefficient (Wildman–Crippen LogP) is 2.32. The molecule has 2 heterocycles. The van der Waals surface area contributed by atoms with Gasteiger partial charge < -0.3 is 10.6 Å². The Hall–Kier alpha value is -2.10. The van der Waals surface area contributed by atoms with E-state index in [0.29, 0.717) is 5.56 Å². The molecule has 1 amide bonds. The number of nitrogens with two attached hydrogens (primary N) is 1. The number of carbonyl (C=O) groups excluding carboxylic acids is 1. The molecule has 4 heteroatoms. The first kappa shape index (κ1) is 12.0. The molecule has 0 unspecified atom stereocenters. The van der Waals surface area contributed by atoms with Crippen molar-refractivity contribution in [2.24, 2.45) is 5.73 Å². The highest BCUT2D eigenvalue weighted by Gasteiger charge is 2.18. The first-order valence-electron chi connectivity index (χ1n) is 6.69. The van der Waals surface area contributed by atoms with Crippen LogP contribution in [-0.4, -0.2) is 24.0 Å². The third-order valence-corrected chi connectivity index (χ3v) is 3.68. The van der Waals surface area contributed by atoms with Crippen LogP contribution in [0.2, 0.25) is 0 Å². The van der Waals surface area contributed by atoms with E-state index < -0.39 is 0 Å². The van der Waals surface area contributed by atoms with Crippen molar-refractivity contribution >= 4 is 22.5 Å². The Kier molecular flexibility index (Phi) is 3.07. The number of pyridine rings is 1. The van der Waals surface area contributed by atoms with Crippen LogP contribution in [-0.2, 0) is 0 Å². The Morgan fingerprint density at radius 2 is 2.00 bits per heavy atom. The maximum atomic E-state index is 11.7. The van der Waals surface area contributed by atoms with E-state index in [4.69, 9.17) is 5.73 Å². The highest BCUT2D eigenvalue weighted by molar-refractivity contribution is 6.03. The molecule has 1 aliphatic rings. The number of benzene rings is 1. The molecule has 0 spiro atoms. The third kappa shape index (κ3) is 2.26. The van der Waals surface area contributed by atoms with Gasteiger partial charge in [0.25, 0.3) is 5.91 Å². The van der Waals surface area contributed by atoms with E-state index in [9.17, 15) is 4.79 Å². The molecule has 1 saturated heterocycles. The average Bonchev–Trinajstić information content (AvgIpc) is 2.46. The molecule has 0 aliphatic carbocycles. The number of anilines is 1.